The second kappa shape index (κ2) is 5.74. The fourth-order valence-corrected chi connectivity index (χ4v) is 2.49. The van der Waals surface area contributed by atoms with Crippen LogP contribution < -0.4 is 5.32 Å². The zero-order valence-electron chi connectivity index (χ0n) is 11.8. The second-order valence-electron chi connectivity index (χ2n) is 6.10. The Kier molecular flexibility index (Phi) is 4.25. The molecule has 0 radical (unpaired) electrons. The minimum Gasteiger partial charge on any atom is -0.481 e. The largest absolute Gasteiger partial charge is 0.481 e. The Morgan fingerprint density at radius 3 is 2.63 bits per heavy atom. The first kappa shape index (κ1) is 14.1. The van der Waals surface area contributed by atoms with Gasteiger partial charge in [0.05, 0.1) is 5.41 Å². The van der Waals surface area contributed by atoms with Crippen molar-refractivity contribution in [1.29, 1.82) is 0 Å². The molecular weight excluding hydrogens is 238 g/mol. The number of nitrogens with one attached hydrogen (secondary N) is 1. The minimum atomic E-state index is -0.759. The van der Waals surface area contributed by atoms with Gasteiger partial charge in [0.15, 0.2) is 0 Å². The number of benzene rings is 1. The molecule has 0 aromatic heterocycles. The number of aryl methyl sites for hydroxylation is 2. The Balaban J connectivity index is 1.92. The summed E-state index contributed by atoms with van der Waals surface area (Å²) in [5.74, 6) is -0.759. The zero-order chi connectivity index (χ0) is 13.9. The van der Waals surface area contributed by atoms with E-state index in [1.165, 1.54) is 42.4 Å². The third-order valence-electron chi connectivity index (χ3n) is 3.89. The quantitative estimate of drug-likeness (QED) is 0.857. The average Bonchev–Trinajstić information content (AvgIpc) is 2.38. The first-order valence-electron chi connectivity index (χ1n) is 7.04. The average molecular weight is 261 g/mol. The molecule has 0 spiro atoms. The van der Waals surface area contributed by atoms with Crippen molar-refractivity contribution < 1.29 is 9.90 Å². The fraction of sp³-hybridized carbons (Fsp3) is 0.562. The van der Waals surface area contributed by atoms with E-state index in [0.717, 1.165) is 6.54 Å². The topological polar surface area (TPSA) is 49.3 Å². The maximum atomic E-state index is 11.0. The third-order valence-corrected chi connectivity index (χ3v) is 3.89. The van der Waals surface area contributed by atoms with E-state index in [1.54, 1.807) is 13.8 Å². The van der Waals surface area contributed by atoms with E-state index in [4.69, 9.17) is 5.11 Å². The van der Waals surface area contributed by atoms with Crippen LogP contribution >= 0.6 is 0 Å². The SMILES string of the molecule is CC(C)(CNCc1ccc2c(c1)CCCC2)C(=O)O. The predicted octanol–water partition coefficient (Wildman–Crippen LogP) is 2.77. The van der Waals surface area contributed by atoms with Gasteiger partial charge in [-0.15, -0.1) is 0 Å². The summed E-state index contributed by atoms with van der Waals surface area (Å²) in [6.07, 6.45) is 4.98. The Labute approximate surface area is 115 Å². The van der Waals surface area contributed by atoms with Crippen LogP contribution in [-0.4, -0.2) is 17.6 Å². The van der Waals surface area contributed by atoms with Gasteiger partial charge in [-0.05, 0) is 56.2 Å². The smallest absolute Gasteiger partial charge is 0.310 e. The normalized spacial score (nSPS) is 15.1. The molecule has 1 aliphatic rings. The lowest BCUT2D eigenvalue weighted by Crippen LogP contribution is -2.35. The molecule has 2 N–H and O–H groups in total. The van der Waals surface area contributed by atoms with Gasteiger partial charge < -0.3 is 10.4 Å². The minimum absolute atomic E-state index is 0.486. The van der Waals surface area contributed by atoms with E-state index in [1.807, 2.05) is 0 Å². The van der Waals surface area contributed by atoms with Gasteiger partial charge in [-0.3, -0.25) is 4.79 Å². The number of carbonyl (C=O) groups is 1. The van der Waals surface area contributed by atoms with E-state index in [9.17, 15) is 4.79 Å². The van der Waals surface area contributed by atoms with Crippen LogP contribution in [0.25, 0.3) is 0 Å². The number of carboxylic acids is 1. The highest BCUT2D eigenvalue weighted by Crippen LogP contribution is 2.22. The van der Waals surface area contributed by atoms with Gasteiger partial charge in [0.25, 0.3) is 0 Å². The van der Waals surface area contributed by atoms with Crippen molar-refractivity contribution in [2.75, 3.05) is 6.54 Å². The summed E-state index contributed by atoms with van der Waals surface area (Å²) in [6.45, 7) is 4.72. The maximum Gasteiger partial charge on any atom is 0.310 e. The lowest BCUT2D eigenvalue weighted by atomic mass is 9.90. The van der Waals surface area contributed by atoms with Crippen LogP contribution in [0.1, 0.15) is 43.4 Å². The number of fused-ring (bicyclic) bond motifs is 1. The van der Waals surface area contributed by atoms with Crippen LogP contribution in [0.2, 0.25) is 0 Å². The highest BCUT2D eigenvalue weighted by atomic mass is 16.4. The van der Waals surface area contributed by atoms with E-state index in [-0.39, 0.29) is 0 Å². The van der Waals surface area contributed by atoms with Gasteiger partial charge in [-0.25, -0.2) is 0 Å². The van der Waals surface area contributed by atoms with Crippen LogP contribution in [-0.2, 0) is 24.2 Å². The van der Waals surface area contributed by atoms with Gasteiger partial charge in [0, 0.05) is 13.1 Å². The first-order chi connectivity index (χ1) is 8.99. The van der Waals surface area contributed by atoms with Crippen molar-refractivity contribution in [1.82, 2.24) is 5.32 Å². The number of rotatable bonds is 5. The number of carboxylic acid groups (broad SMARTS) is 1. The van der Waals surface area contributed by atoms with Crippen molar-refractivity contribution in [3.05, 3.63) is 34.9 Å². The van der Waals surface area contributed by atoms with Crippen LogP contribution in [0.4, 0.5) is 0 Å². The fourth-order valence-electron chi connectivity index (χ4n) is 2.49. The number of hydrogen-bond donors (Lipinski definition) is 2. The van der Waals surface area contributed by atoms with E-state index >= 15 is 0 Å². The lowest BCUT2D eigenvalue weighted by Gasteiger charge is -2.20. The zero-order valence-corrected chi connectivity index (χ0v) is 11.8. The van der Waals surface area contributed by atoms with Gasteiger partial charge in [-0.2, -0.15) is 0 Å². The molecule has 0 amide bonds. The molecule has 0 saturated heterocycles. The van der Waals surface area contributed by atoms with Crippen molar-refractivity contribution in [3.63, 3.8) is 0 Å². The number of aliphatic carboxylic acids is 1. The first-order valence-corrected chi connectivity index (χ1v) is 7.04. The molecule has 0 saturated carbocycles. The molecule has 3 heteroatoms. The summed E-state index contributed by atoms with van der Waals surface area (Å²) in [7, 11) is 0. The molecule has 0 heterocycles. The molecule has 0 atom stereocenters. The second-order valence-corrected chi connectivity index (χ2v) is 6.10. The van der Waals surface area contributed by atoms with E-state index < -0.39 is 11.4 Å². The highest BCUT2D eigenvalue weighted by Gasteiger charge is 2.26. The molecule has 2 rings (SSSR count). The maximum absolute atomic E-state index is 11.0. The summed E-state index contributed by atoms with van der Waals surface area (Å²) >= 11 is 0. The van der Waals surface area contributed by atoms with Crippen LogP contribution in [0.3, 0.4) is 0 Å². The molecule has 3 nitrogen and oxygen atoms in total. The molecule has 0 aliphatic heterocycles. The third kappa shape index (κ3) is 3.57. The molecule has 19 heavy (non-hydrogen) atoms. The molecular formula is C16H23NO2. The van der Waals surface area contributed by atoms with E-state index in [0.29, 0.717) is 6.54 Å². The van der Waals surface area contributed by atoms with Crippen molar-refractivity contribution in [2.24, 2.45) is 5.41 Å². The number of hydrogen-bond acceptors (Lipinski definition) is 2. The highest BCUT2D eigenvalue weighted by molar-refractivity contribution is 5.73. The molecule has 1 aliphatic carbocycles. The van der Waals surface area contributed by atoms with Crippen molar-refractivity contribution in [3.8, 4) is 0 Å². The Bertz CT molecular complexity index is 466. The van der Waals surface area contributed by atoms with Gasteiger partial charge >= 0.3 is 5.97 Å². The van der Waals surface area contributed by atoms with Gasteiger partial charge in [0.1, 0.15) is 0 Å². The summed E-state index contributed by atoms with van der Waals surface area (Å²) in [6, 6.07) is 6.66. The Morgan fingerprint density at radius 2 is 1.95 bits per heavy atom. The molecule has 0 unspecified atom stereocenters. The summed E-state index contributed by atoms with van der Waals surface area (Å²) < 4.78 is 0. The predicted molar refractivity (Wildman–Crippen MR) is 76.2 cm³/mol. The summed E-state index contributed by atoms with van der Waals surface area (Å²) in [5.41, 5.74) is 3.50. The Morgan fingerprint density at radius 1 is 1.26 bits per heavy atom. The van der Waals surface area contributed by atoms with E-state index in [2.05, 4.69) is 23.5 Å². The summed E-state index contributed by atoms with van der Waals surface area (Å²) in [5, 5.41) is 12.3. The molecule has 104 valence electrons. The van der Waals surface area contributed by atoms with Crippen LogP contribution in [0.15, 0.2) is 18.2 Å². The van der Waals surface area contributed by atoms with Gasteiger partial charge in [-0.1, -0.05) is 18.2 Å². The molecule has 1 aromatic rings. The van der Waals surface area contributed by atoms with Crippen LogP contribution in [0, 0.1) is 5.41 Å². The van der Waals surface area contributed by atoms with Crippen molar-refractivity contribution in [2.45, 2.75) is 46.1 Å². The van der Waals surface area contributed by atoms with Crippen LogP contribution in [0.5, 0.6) is 0 Å². The Hall–Kier alpha value is -1.35. The van der Waals surface area contributed by atoms with Gasteiger partial charge in [0.2, 0.25) is 0 Å². The standard InChI is InChI=1S/C16H23NO2/c1-16(2,15(18)19)11-17-10-12-7-8-13-5-3-4-6-14(13)9-12/h7-9,17H,3-6,10-11H2,1-2H3,(H,18,19). The monoisotopic (exact) mass is 261 g/mol. The van der Waals surface area contributed by atoms with Crippen molar-refractivity contribution >= 4 is 5.97 Å². The molecule has 0 bridgehead atoms. The molecule has 0 fully saturated rings. The lowest BCUT2D eigenvalue weighted by molar-refractivity contribution is -0.146. The molecule has 1 aromatic carbocycles. The summed E-state index contributed by atoms with van der Waals surface area (Å²) in [4.78, 5) is 11.0.